The molecule has 1 saturated heterocycles. The molecule has 1 fully saturated rings. The lowest BCUT2D eigenvalue weighted by Crippen LogP contribution is -2.27. The molecule has 5 heteroatoms. The second-order valence-electron chi connectivity index (χ2n) is 6.08. The molecular weight excluding hydrogens is 320 g/mol. The van der Waals surface area contributed by atoms with Gasteiger partial charge in [0.1, 0.15) is 0 Å². The van der Waals surface area contributed by atoms with E-state index < -0.39 is 0 Å². The minimum atomic E-state index is 0.447. The number of pyridine rings is 1. The molecule has 122 valence electrons. The highest BCUT2D eigenvalue weighted by Gasteiger charge is 2.21. The van der Waals surface area contributed by atoms with E-state index in [1.807, 2.05) is 48.8 Å². The molecule has 0 amide bonds. The molecule has 3 aromatic rings. The summed E-state index contributed by atoms with van der Waals surface area (Å²) in [6.07, 6.45) is 5.83. The SMILES string of the molecule is Clc1ccc(-c2[n-]nc(C3CCNCC3)c2-c2ccncc2)cc1. The van der Waals surface area contributed by atoms with Gasteiger partial charge >= 0.3 is 0 Å². The van der Waals surface area contributed by atoms with Gasteiger partial charge in [0.15, 0.2) is 0 Å². The first-order chi connectivity index (χ1) is 11.8. The maximum absolute atomic E-state index is 6.03. The van der Waals surface area contributed by atoms with Gasteiger partial charge < -0.3 is 15.5 Å². The quantitative estimate of drug-likeness (QED) is 0.787. The zero-order valence-corrected chi connectivity index (χ0v) is 14.0. The number of benzene rings is 1. The van der Waals surface area contributed by atoms with E-state index in [-0.39, 0.29) is 0 Å². The summed E-state index contributed by atoms with van der Waals surface area (Å²) in [5.41, 5.74) is 5.32. The lowest BCUT2D eigenvalue weighted by Gasteiger charge is -2.24. The number of nitrogens with one attached hydrogen (secondary N) is 1. The highest BCUT2D eigenvalue weighted by molar-refractivity contribution is 6.30. The molecule has 1 aliphatic rings. The predicted octanol–water partition coefficient (Wildman–Crippen LogP) is 3.89. The summed E-state index contributed by atoms with van der Waals surface area (Å²) in [6.45, 7) is 2.06. The topological polar surface area (TPSA) is 51.9 Å². The van der Waals surface area contributed by atoms with Crippen LogP contribution in [0.5, 0.6) is 0 Å². The molecule has 0 aliphatic carbocycles. The molecule has 0 unspecified atom stereocenters. The van der Waals surface area contributed by atoms with Crippen molar-refractivity contribution in [3.8, 4) is 22.4 Å². The Bertz CT molecular complexity index is 805. The zero-order valence-electron chi connectivity index (χ0n) is 13.2. The monoisotopic (exact) mass is 337 g/mol. The lowest BCUT2D eigenvalue weighted by molar-refractivity contribution is 0.453. The number of halogens is 1. The summed E-state index contributed by atoms with van der Waals surface area (Å²) in [6, 6.07) is 11.9. The van der Waals surface area contributed by atoms with E-state index in [0.717, 1.165) is 59.0 Å². The number of aromatic nitrogens is 3. The lowest BCUT2D eigenvalue weighted by atomic mass is 9.88. The third-order valence-corrected chi connectivity index (χ3v) is 4.82. The number of hydrogen-bond acceptors (Lipinski definition) is 3. The van der Waals surface area contributed by atoms with Crippen molar-refractivity contribution in [2.75, 3.05) is 13.1 Å². The van der Waals surface area contributed by atoms with Crippen LogP contribution in [0.2, 0.25) is 5.02 Å². The first-order valence-corrected chi connectivity index (χ1v) is 8.61. The normalized spacial score (nSPS) is 15.5. The maximum atomic E-state index is 6.03. The Morgan fingerprint density at radius 3 is 2.38 bits per heavy atom. The molecule has 0 atom stereocenters. The van der Waals surface area contributed by atoms with Crippen LogP contribution in [0.25, 0.3) is 22.4 Å². The summed E-state index contributed by atoms with van der Waals surface area (Å²) in [4.78, 5) is 4.14. The molecule has 0 bridgehead atoms. The Hall–Kier alpha value is -2.17. The van der Waals surface area contributed by atoms with E-state index in [4.69, 9.17) is 11.6 Å². The molecule has 0 radical (unpaired) electrons. The first kappa shape index (κ1) is 15.4. The molecule has 2 aromatic heterocycles. The molecule has 3 heterocycles. The Morgan fingerprint density at radius 1 is 0.958 bits per heavy atom. The van der Waals surface area contributed by atoms with Crippen LogP contribution in [0.3, 0.4) is 0 Å². The number of hydrogen-bond donors (Lipinski definition) is 1. The van der Waals surface area contributed by atoms with Crippen LogP contribution in [0.4, 0.5) is 0 Å². The van der Waals surface area contributed by atoms with Gasteiger partial charge in [0.25, 0.3) is 0 Å². The third kappa shape index (κ3) is 2.95. The van der Waals surface area contributed by atoms with Gasteiger partial charge in [-0.15, -0.1) is 5.69 Å². The van der Waals surface area contributed by atoms with Crippen LogP contribution < -0.4 is 10.4 Å². The van der Waals surface area contributed by atoms with Crippen LogP contribution in [0, 0.1) is 0 Å². The minimum absolute atomic E-state index is 0.447. The van der Waals surface area contributed by atoms with Crippen LogP contribution in [-0.4, -0.2) is 23.2 Å². The van der Waals surface area contributed by atoms with E-state index in [0.29, 0.717) is 5.92 Å². The highest BCUT2D eigenvalue weighted by Crippen LogP contribution is 2.38. The average Bonchev–Trinajstić information content (AvgIpc) is 3.09. The van der Waals surface area contributed by atoms with Gasteiger partial charge in [-0.25, -0.2) is 0 Å². The summed E-state index contributed by atoms with van der Waals surface area (Å²) in [5.74, 6) is 0.447. The van der Waals surface area contributed by atoms with Gasteiger partial charge in [0, 0.05) is 29.0 Å². The fourth-order valence-electron chi connectivity index (χ4n) is 3.32. The summed E-state index contributed by atoms with van der Waals surface area (Å²) in [7, 11) is 0. The molecule has 4 rings (SSSR count). The number of rotatable bonds is 3. The molecular formula is C19H18ClN4-. The van der Waals surface area contributed by atoms with Crippen molar-refractivity contribution in [3.05, 3.63) is 59.5 Å². The second-order valence-corrected chi connectivity index (χ2v) is 6.51. The molecule has 1 aliphatic heterocycles. The Kier molecular flexibility index (Phi) is 4.32. The number of nitrogens with zero attached hydrogens (tertiary/aromatic N) is 3. The molecule has 24 heavy (non-hydrogen) atoms. The fourth-order valence-corrected chi connectivity index (χ4v) is 3.45. The Labute approximate surface area is 146 Å². The largest absolute Gasteiger partial charge is 0.574 e. The van der Waals surface area contributed by atoms with E-state index in [9.17, 15) is 0 Å². The van der Waals surface area contributed by atoms with Gasteiger partial charge in [-0.1, -0.05) is 23.7 Å². The van der Waals surface area contributed by atoms with Crippen LogP contribution >= 0.6 is 11.6 Å². The number of piperidine rings is 1. The fraction of sp³-hybridized carbons (Fsp3) is 0.263. The van der Waals surface area contributed by atoms with Gasteiger partial charge in [-0.05, 0) is 66.9 Å². The minimum Gasteiger partial charge on any atom is -0.574 e. The van der Waals surface area contributed by atoms with Gasteiger partial charge in [0.05, 0.1) is 0 Å². The van der Waals surface area contributed by atoms with Gasteiger partial charge in [-0.2, -0.15) is 0 Å². The van der Waals surface area contributed by atoms with Crippen molar-refractivity contribution < 1.29 is 0 Å². The van der Waals surface area contributed by atoms with E-state index in [1.54, 1.807) is 0 Å². The van der Waals surface area contributed by atoms with Crippen molar-refractivity contribution in [1.29, 1.82) is 0 Å². The van der Waals surface area contributed by atoms with Crippen molar-refractivity contribution >= 4 is 11.6 Å². The van der Waals surface area contributed by atoms with Crippen molar-refractivity contribution in [3.63, 3.8) is 0 Å². The molecule has 1 aromatic carbocycles. The average molecular weight is 338 g/mol. The van der Waals surface area contributed by atoms with E-state index in [1.165, 1.54) is 0 Å². The summed E-state index contributed by atoms with van der Waals surface area (Å²) in [5, 5.41) is 13.3. The Morgan fingerprint density at radius 2 is 1.67 bits per heavy atom. The summed E-state index contributed by atoms with van der Waals surface area (Å²) < 4.78 is 0. The van der Waals surface area contributed by atoms with Crippen molar-refractivity contribution in [2.45, 2.75) is 18.8 Å². The first-order valence-electron chi connectivity index (χ1n) is 8.23. The standard InChI is InChI=1S/C19H18ClN4/c20-16-3-1-14(2-4-16)18-17(13-5-9-21-10-6-13)19(24-23-18)15-7-11-22-12-8-15/h1-6,9-10,15,22H,7-8,11-12H2/q-1. The van der Waals surface area contributed by atoms with Crippen LogP contribution in [-0.2, 0) is 0 Å². The molecule has 0 spiro atoms. The molecule has 1 N–H and O–H groups in total. The van der Waals surface area contributed by atoms with Gasteiger partial charge in [-0.3, -0.25) is 4.98 Å². The zero-order chi connectivity index (χ0) is 16.4. The maximum Gasteiger partial charge on any atom is 0.0406 e. The van der Waals surface area contributed by atoms with Crippen molar-refractivity contribution in [1.82, 2.24) is 20.5 Å². The Balaban J connectivity index is 1.84. The van der Waals surface area contributed by atoms with Crippen molar-refractivity contribution in [2.24, 2.45) is 0 Å². The smallest absolute Gasteiger partial charge is 0.0406 e. The third-order valence-electron chi connectivity index (χ3n) is 4.56. The molecule has 4 nitrogen and oxygen atoms in total. The van der Waals surface area contributed by atoms with E-state index >= 15 is 0 Å². The summed E-state index contributed by atoms with van der Waals surface area (Å²) >= 11 is 6.03. The van der Waals surface area contributed by atoms with Crippen LogP contribution in [0.15, 0.2) is 48.8 Å². The highest BCUT2D eigenvalue weighted by atomic mass is 35.5. The molecule has 0 saturated carbocycles. The van der Waals surface area contributed by atoms with Crippen LogP contribution in [0.1, 0.15) is 24.5 Å². The van der Waals surface area contributed by atoms with Gasteiger partial charge in [0.2, 0.25) is 0 Å². The predicted molar refractivity (Wildman–Crippen MR) is 96.1 cm³/mol. The second kappa shape index (κ2) is 6.75. The van der Waals surface area contributed by atoms with E-state index in [2.05, 4.69) is 20.5 Å².